The first-order valence-electron chi connectivity index (χ1n) is 8.09. The largest absolute Gasteiger partial charge is 0.444 e. The monoisotopic (exact) mass is 304 g/mol. The zero-order chi connectivity index (χ0) is 16.2. The third-order valence-electron chi connectivity index (χ3n) is 3.75. The maximum atomic E-state index is 11.9. The number of hydrogen-bond acceptors (Lipinski definition) is 3. The van der Waals surface area contributed by atoms with Gasteiger partial charge in [0, 0.05) is 19.1 Å². The van der Waals surface area contributed by atoms with Crippen LogP contribution in [0.5, 0.6) is 0 Å². The van der Waals surface area contributed by atoms with E-state index in [-0.39, 0.29) is 12.1 Å². The molecule has 122 valence electrons. The van der Waals surface area contributed by atoms with E-state index < -0.39 is 5.60 Å². The normalized spacial score (nSPS) is 19.7. The molecule has 1 aliphatic rings. The maximum Gasteiger partial charge on any atom is 0.407 e. The molecular formula is C18H28N2O2. The predicted molar refractivity (Wildman–Crippen MR) is 88.8 cm³/mol. The Hall–Kier alpha value is -1.55. The van der Waals surface area contributed by atoms with Crippen molar-refractivity contribution < 1.29 is 9.53 Å². The van der Waals surface area contributed by atoms with E-state index in [1.54, 1.807) is 0 Å². The van der Waals surface area contributed by atoms with E-state index in [4.69, 9.17) is 4.74 Å². The maximum absolute atomic E-state index is 11.9. The lowest BCUT2D eigenvalue weighted by atomic mass is 10.0. The molecule has 0 spiro atoms. The molecule has 1 heterocycles. The topological polar surface area (TPSA) is 41.6 Å². The van der Waals surface area contributed by atoms with Crippen LogP contribution in [0.1, 0.15) is 44.7 Å². The fourth-order valence-electron chi connectivity index (χ4n) is 2.74. The van der Waals surface area contributed by atoms with Gasteiger partial charge in [-0.15, -0.1) is 0 Å². The quantitative estimate of drug-likeness (QED) is 0.929. The standard InChI is InChI=1S/C18H28N2O2/c1-14-7-9-15(10-8-14)12-20-11-5-6-16(13-20)19-17(21)22-18(2,3)4/h7-10,16H,5-6,11-13H2,1-4H3,(H,19,21). The zero-order valence-corrected chi connectivity index (χ0v) is 14.2. The van der Waals surface area contributed by atoms with Gasteiger partial charge in [-0.25, -0.2) is 4.79 Å². The summed E-state index contributed by atoms with van der Waals surface area (Å²) >= 11 is 0. The predicted octanol–water partition coefficient (Wildman–Crippen LogP) is 3.48. The minimum atomic E-state index is -0.444. The van der Waals surface area contributed by atoms with E-state index in [0.29, 0.717) is 0 Å². The molecule has 4 nitrogen and oxygen atoms in total. The molecule has 1 aliphatic heterocycles. The van der Waals surface area contributed by atoms with Crippen molar-refractivity contribution >= 4 is 6.09 Å². The summed E-state index contributed by atoms with van der Waals surface area (Å²) in [5, 5.41) is 3.00. The van der Waals surface area contributed by atoms with Gasteiger partial charge in [0.2, 0.25) is 0 Å². The molecule has 1 aromatic carbocycles. The summed E-state index contributed by atoms with van der Waals surface area (Å²) in [4.78, 5) is 14.3. The highest BCUT2D eigenvalue weighted by Crippen LogP contribution is 2.15. The number of aryl methyl sites for hydroxylation is 1. The molecule has 0 radical (unpaired) electrons. The average Bonchev–Trinajstić information content (AvgIpc) is 2.39. The molecule has 0 aliphatic carbocycles. The molecular weight excluding hydrogens is 276 g/mol. The van der Waals surface area contributed by atoms with Crippen LogP contribution in [0.15, 0.2) is 24.3 Å². The summed E-state index contributed by atoms with van der Waals surface area (Å²) in [6.07, 6.45) is 1.81. The number of likely N-dealkylation sites (tertiary alicyclic amines) is 1. The lowest BCUT2D eigenvalue weighted by Gasteiger charge is -2.33. The number of carbonyl (C=O) groups excluding carboxylic acids is 1. The van der Waals surface area contributed by atoms with Crippen LogP contribution in [-0.4, -0.2) is 35.7 Å². The Labute approximate surface area is 133 Å². The highest BCUT2D eigenvalue weighted by Gasteiger charge is 2.24. The lowest BCUT2D eigenvalue weighted by Crippen LogP contribution is -2.48. The van der Waals surface area contributed by atoms with Gasteiger partial charge < -0.3 is 10.1 Å². The van der Waals surface area contributed by atoms with E-state index in [1.807, 2.05) is 20.8 Å². The third kappa shape index (κ3) is 5.68. The van der Waals surface area contributed by atoms with Crippen LogP contribution in [0, 0.1) is 6.92 Å². The number of hydrogen-bond donors (Lipinski definition) is 1. The number of ether oxygens (including phenoxy) is 1. The Morgan fingerprint density at radius 2 is 2.00 bits per heavy atom. The first kappa shape index (κ1) is 16.8. The molecule has 1 aromatic rings. The molecule has 1 amide bonds. The summed E-state index contributed by atoms with van der Waals surface area (Å²) in [6.45, 7) is 10.7. The van der Waals surface area contributed by atoms with Crippen LogP contribution < -0.4 is 5.32 Å². The summed E-state index contributed by atoms with van der Waals surface area (Å²) in [7, 11) is 0. The molecule has 1 saturated heterocycles. The summed E-state index contributed by atoms with van der Waals surface area (Å²) in [5.41, 5.74) is 2.16. The van der Waals surface area contributed by atoms with E-state index in [2.05, 4.69) is 41.4 Å². The molecule has 0 aromatic heterocycles. The van der Waals surface area contributed by atoms with Gasteiger partial charge >= 0.3 is 6.09 Å². The first-order chi connectivity index (χ1) is 10.3. The van der Waals surface area contributed by atoms with E-state index in [1.165, 1.54) is 11.1 Å². The number of rotatable bonds is 3. The molecule has 22 heavy (non-hydrogen) atoms. The van der Waals surface area contributed by atoms with Gasteiger partial charge in [-0.3, -0.25) is 4.90 Å². The Kier molecular flexibility index (Phi) is 5.46. The highest BCUT2D eigenvalue weighted by molar-refractivity contribution is 5.68. The van der Waals surface area contributed by atoms with Gasteiger partial charge in [0.15, 0.2) is 0 Å². The van der Waals surface area contributed by atoms with Gasteiger partial charge in [0.25, 0.3) is 0 Å². The van der Waals surface area contributed by atoms with Crippen molar-refractivity contribution in [1.82, 2.24) is 10.2 Å². The van der Waals surface area contributed by atoms with Crippen molar-refractivity contribution in [2.24, 2.45) is 0 Å². The van der Waals surface area contributed by atoms with Crippen molar-refractivity contribution in [2.45, 2.75) is 58.7 Å². The van der Waals surface area contributed by atoms with Gasteiger partial charge in [-0.2, -0.15) is 0 Å². The Balaban J connectivity index is 1.83. The number of amides is 1. The van der Waals surface area contributed by atoms with Gasteiger partial charge in [-0.1, -0.05) is 29.8 Å². The van der Waals surface area contributed by atoms with Gasteiger partial charge in [-0.05, 0) is 52.6 Å². The van der Waals surface area contributed by atoms with Gasteiger partial charge in [0.1, 0.15) is 5.60 Å². The van der Waals surface area contributed by atoms with Crippen molar-refractivity contribution in [3.63, 3.8) is 0 Å². The van der Waals surface area contributed by atoms with Crippen LogP contribution in [0.25, 0.3) is 0 Å². The van der Waals surface area contributed by atoms with E-state index in [9.17, 15) is 4.79 Å². The summed E-state index contributed by atoms with van der Waals surface area (Å²) < 4.78 is 5.34. The van der Waals surface area contributed by atoms with Crippen LogP contribution in [-0.2, 0) is 11.3 Å². The first-order valence-corrected chi connectivity index (χ1v) is 8.09. The Morgan fingerprint density at radius 3 is 2.64 bits per heavy atom. The molecule has 4 heteroatoms. The SMILES string of the molecule is Cc1ccc(CN2CCCC(NC(=O)OC(C)(C)C)C2)cc1. The Morgan fingerprint density at radius 1 is 1.32 bits per heavy atom. The molecule has 1 atom stereocenters. The minimum absolute atomic E-state index is 0.175. The second kappa shape index (κ2) is 7.14. The number of alkyl carbamates (subject to hydrolysis) is 1. The lowest BCUT2D eigenvalue weighted by molar-refractivity contribution is 0.0470. The van der Waals surface area contributed by atoms with Crippen molar-refractivity contribution in [2.75, 3.05) is 13.1 Å². The smallest absolute Gasteiger partial charge is 0.407 e. The summed E-state index contributed by atoms with van der Waals surface area (Å²) in [5.74, 6) is 0. The second-order valence-corrected chi connectivity index (χ2v) is 7.21. The summed E-state index contributed by atoms with van der Waals surface area (Å²) in [6, 6.07) is 8.83. The average molecular weight is 304 g/mol. The number of nitrogens with zero attached hydrogens (tertiary/aromatic N) is 1. The molecule has 1 unspecified atom stereocenters. The van der Waals surface area contributed by atoms with Crippen molar-refractivity contribution in [3.05, 3.63) is 35.4 Å². The molecule has 0 bridgehead atoms. The number of piperidine rings is 1. The number of nitrogens with one attached hydrogen (secondary N) is 1. The zero-order valence-electron chi connectivity index (χ0n) is 14.2. The van der Waals surface area contributed by atoms with Crippen LogP contribution in [0.4, 0.5) is 4.79 Å². The molecule has 0 saturated carbocycles. The van der Waals surface area contributed by atoms with Crippen LogP contribution in [0.2, 0.25) is 0 Å². The van der Waals surface area contributed by atoms with Crippen LogP contribution in [0.3, 0.4) is 0 Å². The fraction of sp³-hybridized carbons (Fsp3) is 0.611. The fourth-order valence-corrected chi connectivity index (χ4v) is 2.74. The molecule has 2 rings (SSSR count). The Bertz CT molecular complexity index is 491. The molecule has 1 fully saturated rings. The van der Waals surface area contributed by atoms with E-state index in [0.717, 1.165) is 32.5 Å². The molecule has 1 N–H and O–H groups in total. The van der Waals surface area contributed by atoms with E-state index >= 15 is 0 Å². The van der Waals surface area contributed by atoms with Crippen LogP contribution >= 0.6 is 0 Å². The van der Waals surface area contributed by atoms with Crippen molar-refractivity contribution in [1.29, 1.82) is 0 Å². The number of carbonyl (C=O) groups is 1. The second-order valence-electron chi connectivity index (χ2n) is 7.21. The highest BCUT2D eigenvalue weighted by atomic mass is 16.6. The van der Waals surface area contributed by atoms with Gasteiger partial charge in [0.05, 0.1) is 0 Å². The minimum Gasteiger partial charge on any atom is -0.444 e. The third-order valence-corrected chi connectivity index (χ3v) is 3.75. The number of benzene rings is 1. The van der Waals surface area contributed by atoms with Crippen molar-refractivity contribution in [3.8, 4) is 0 Å².